The van der Waals surface area contributed by atoms with Gasteiger partial charge in [0.25, 0.3) is 5.91 Å². The quantitative estimate of drug-likeness (QED) is 0.842. The number of rotatable bonds is 2. The van der Waals surface area contributed by atoms with E-state index >= 15 is 0 Å². The fourth-order valence-electron chi connectivity index (χ4n) is 3.73. The van der Waals surface area contributed by atoms with Gasteiger partial charge in [0.05, 0.1) is 26.6 Å². The third-order valence-corrected chi connectivity index (χ3v) is 6.25. The van der Waals surface area contributed by atoms with Crippen molar-refractivity contribution in [1.29, 1.82) is 5.26 Å². The normalized spacial score (nSPS) is 17.4. The van der Waals surface area contributed by atoms with Gasteiger partial charge in [0.2, 0.25) is 0 Å². The first-order valence-corrected chi connectivity index (χ1v) is 9.33. The highest BCUT2D eigenvalue weighted by Crippen LogP contribution is 2.41. The van der Waals surface area contributed by atoms with E-state index in [0.29, 0.717) is 21.2 Å². The summed E-state index contributed by atoms with van der Waals surface area (Å²) in [7, 11) is 0. The second kappa shape index (κ2) is 6.14. The molecule has 4 nitrogen and oxygen atoms in total. The molecular formula is C19H21ClN3OS+. The van der Waals surface area contributed by atoms with Gasteiger partial charge in [-0.15, -0.1) is 11.3 Å². The summed E-state index contributed by atoms with van der Waals surface area (Å²) < 4.78 is 0. The number of halogens is 1. The standard InChI is InChI=1S/C19H20ClN3OS/c1-18(2)9-12-13(10-21)17(25-15(12)19(3,4)23-18)22-16(24)11-7-5-6-8-14(11)20/h5-8,23H,9H2,1-4H3,(H,22,24)/p+1. The van der Waals surface area contributed by atoms with E-state index in [-0.39, 0.29) is 17.0 Å². The number of amides is 1. The molecule has 0 bridgehead atoms. The van der Waals surface area contributed by atoms with E-state index in [1.807, 2.05) is 0 Å². The number of carbonyl (C=O) groups is 1. The Morgan fingerprint density at radius 2 is 2.00 bits per heavy atom. The summed E-state index contributed by atoms with van der Waals surface area (Å²) in [6, 6.07) is 9.21. The van der Waals surface area contributed by atoms with Crippen molar-refractivity contribution >= 4 is 33.8 Å². The molecule has 130 valence electrons. The Hall–Kier alpha value is -1.87. The van der Waals surface area contributed by atoms with Crippen molar-refractivity contribution in [3.8, 4) is 6.07 Å². The Balaban J connectivity index is 2.02. The highest BCUT2D eigenvalue weighted by Gasteiger charge is 2.44. The molecule has 1 aromatic carbocycles. The minimum Gasteiger partial charge on any atom is -0.333 e. The number of nitrogens with one attached hydrogen (secondary N) is 1. The van der Waals surface area contributed by atoms with Crippen LogP contribution in [0.3, 0.4) is 0 Å². The number of benzene rings is 1. The molecule has 1 aromatic heterocycles. The highest BCUT2D eigenvalue weighted by molar-refractivity contribution is 7.16. The van der Waals surface area contributed by atoms with E-state index in [0.717, 1.165) is 16.9 Å². The monoisotopic (exact) mass is 374 g/mol. The third kappa shape index (κ3) is 3.30. The van der Waals surface area contributed by atoms with Crippen LogP contribution in [0.2, 0.25) is 5.02 Å². The van der Waals surface area contributed by atoms with Gasteiger partial charge in [-0.25, -0.2) is 0 Å². The van der Waals surface area contributed by atoms with Crippen molar-refractivity contribution in [1.82, 2.24) is 0 Å². The van der Waals surface area contributed by atoms with E-state index in [9.17, 15) is 10.1 Å². The number of nitriles is 1. The maximum absolute atomic E-state index is 12.6. The number of fused-ring (bicyclic) bond motifs is 1. The van der Waals surface area contributed by atoms with Crippen LogP contribution in [0.25, 0.3) is 0 Å². The Morgan fingerprint density at radius 1 is 1.32 bits per heavy atom. The zero-order valence-corrected chi connectivity index (χ0v) is 16.3. The summed E-state index contributed by atoms with van der Waals surface area (Å²) in [5.74, 6) is -0.290. The maximum atomic E-state index is 12.6. The largest absolute Gasteiger partial charge is 0.333 e. The average molecular weight is 375 g/mol. The minimum atomic E-state index is -0.290. The van der Waals surface area contributed by atoms with Crippen LogP contribution < -0.4 is 10.6 Å². The molecule has 0 saturated heterocycles. The summed E-state index contributed by atoms with van der Waals surface area (Å²) in [6.07, 6.45) is 0.799. The SMILES string of the molecule is CC1(C)Cc2c(sc(NC(=O)c3ccccc3Cl)c2C#N)C(C)(C)[NH2+]1. The fraction of sp³-hybridized carbons (Fsp3) is 0.368. The van der Waals surface area contributed by atoms with E-state index < -0.39 is 0 Å². The van der Waals surface area contributed by atoms with Crippen molar-refractivity contribution in [2.75, 3.05) is 5.32 Å². The van der Waals surface area contributed by atoms with Crippen LogP contribution in [0.5, 0.6) is 0 Å². The molecule has 1 aliphatic heterocycles. The first kappa shape index (κ1) is 17.9. The van der Waals surface area contributed by atoms with Crippen LogP contribution in [0.4, 0.5) is 5.00 Å². The molecule has 0 radical (unpaired) electrons. The average Bonchev–Trinajstić information content (AvgIpc) is 2.83. The molecule has 6 heteroatoms. The van der Waals surface area contributed by atoms with Crippen LogP contribution in [-0.4, -0.2) is 11.4 Å². The van der Waals surface area contributed by atoms with Crippen LogP contribution in [-0.2, 0) is 12.0 Å². The predicted octanol–water partition coefficient (Wildman–Crippen LogP) is 3.66. The third-order valence-electron chi connectivity index (χ3n) is 4.43. The molecule has 1 amide bonds. The number of anilines is 1. The molecule has 0 spiro atoms. The van der Waals surface area contributed by atoms with Gasteiger partial charge in [-0.05, 0) is 45.4 Å². The zero-order chi connectivity index (χ0) is 18.4. The molecule has 0 fully saturated rings. The molecule has 2 aromatic rings. The van der Waals surface area contributed by atoms with Crippen LogP contribution >= 0.6 is 22.9 Å². The lowest BCUT2D eigenvalue weighted by atomic mass is 9.81. The molecule has 0 aliphatic carbocycles. The molecule has 0 unspecified atom stereocenters. The second-order valence-electron chi connectivity index (χ2n) is 7.69. The lowest BCUT2D eigenvalue weighted by molar-refractivity contribution is -0.789. The van der Waals surface area contributed by atoms with Gasteiger partial charge in [-0.1, -0.05) is 23.7 Å². The van der Waals surface area contributed by atoms with Gasteiger partial charge in [-0.2, -0.15) is 5.26 Å². The molecule has 2 heterocycles. The van der Waals surface area contributed by atoms with Crippen LogP contribution in [0.1, 0.15) is 54.1 Å². The van der Waals surface area contributed by atoms with E-state index in [2.05, 4.69) is 44.4 Å². The minimum absolute atomic E-state index is 0.00713. The topological polar surface area (TPSA) is 69.5 Å². The molecular weight excluding hydrogens is 354 g/mol. The number of thiophene rings is 1. The van der Waals surface area contributed by atoms with Gasteiger partial charge in [0.1, 0.15) is 16.6 Å². The molecule has 3 N–H and O–H groups in total. The number of carbonyl (C=O) groups excluding carboxylic acids is 1. The Kier molecular flexibility index (Phi) is 4.40. The van der Waals surface area contributed by atoms with Gasteiger partial charge in [0.15, 0.2) is 0 Å². The summed E-state index contributed by atoms with van der Waals surface area (Å²) in [6.45, 7) is 8.67. The summed E-state index contributed by atoms with van der Waals surface area (Å²) in [5, 5.41) is 15.9. The Labute approximate surface area is 156 Å². The Morgan fingerprint density at radius 3 is 2.64 bits per heavy atom. The molecule has 0 atom stereocenters. The van der Waals surface area contributed by atoms with Crippen molar-refractivity contribution in [3.63, 3.8) is 0 Å². The van der Waals surface area contributed by atoms with E-state index in [4.69, 9.17) is 11.6 Å². The van der Waals surface area contributed by atoms with Crippen molar-refractivity contribution in [2.24, 2.45) is 0 Å². The zero-order valence-electron chi connectivity index (χ0n) is 14.7. The smallest absolute Gasteiger partial charge is 0.257 e. The van der Waals surface area contributed by atoms with Crippen molar-refractivity contribution < 1.29 is 10.1 Å². The summed E-state index contributed by atoms with van der Waals surface area (Å²) in [5.41, 5.74) is 1.91. The first-order chi connectivity index (χ1) is 11.6. The number of nitrogens with two attached hydrogens (primary N) is 1. The molecule has 0 saturated carbocycles. The number of quaternary nitrogens is 1. The van der Waals surface area contributed by atoms with Gasteiger partial charge in [-0.3, -0.25) is 4.79 Å². The van der Waals surface area contributed by atoms with Crippen LogP contribution in [0.15, 0.2) is 24.3 Å². The number of nitrogens with zero attached hydrogens (tertiary/aromatic N) is 1. The van der Waals surface area contributed by atoms with E-state index in [1.54, 1.807) is 24.3 Å². The number of hydrogen-bond donors (Lipinski definition) is 2. The van der Waals surface area contributed by atoms with Gasteiger partial charge < -0.3 is 10.6 Å². The second-order valence-corrected chi connectivity index (χ2v) is 9.12. The van der Waals surface area contributed by atoms with Crippen molar-refractivity contribution in [3.05, 3.63) is 50.9 Å². The summed E-state index contributed by atoms with van der Waals surface area (Å²) in [4.78, 5) is 13.7. The molecule has 3 rings (SSSR count). The highest BCUT2D eigenvalue weighted by atomic mass is 35.5. The summed E-state index contributed by atoms with van der Waals surface area (Å²) >= 11 is 7.61. The van der Waals surface area contributed by atoms with Gasteiger partial charge >= 0.3 is 0 Å². The fourth-order valence-corrected chi connectivity index (χ4v) is 5.19. The number of hydrogen-bond acceptors (Lipinski definition) is 3. The molecule has 25 heavy (non-hydrogen) atoms. The lowest BCUT2D eigenvalue weighted by Crippen LogP contribution is -3.03. The van der Waals surface area contributed by atoms with Crippen molar-refractivity contribution in [2.45, 2.75) is 45.2 Å². The maximum Gasteiger partial charge on any atom is 0.257 e. The predicted molar refractivity (Wildman–Crippen MR) is 101 cm³/mol. The van der Waals surface area contributed by atoms with E-state index in [1.165, 1.54) is 11.3 Å². The van der Waals surface area contributed by atoms with Crippen LogP contribution in [0, 0.1) is 11.3 Å². The molecule has 1 aliphatic rings. The first-order valence-electron chi connectivity index (χ1n) is 8.14. The van der Waals surface area contributed by atoms with Gasteiger partial charge in [0, 0.05) is 6.42 Å². The lowest BCUT2D eigenvalue weighted by Gasteiger charge is -2.38. The Bertz CT molecular complexity index is 893.